The molecule has 2 heterocycles. The fourth-order valence-corrected chi connectivity index (χ4v) is 1.97. The molecule has 2 amide bonds. The smallest absolute Gasteiger partial charge is 0.325 e. The minimum Gasteiger partial charge on any atom is -0.459 e. The van der Waals surface area contributed by atoms with E-state index in [-0.39, 0.29) is 12.3 Å². The number of nitrogens with zero attached hydrogens (tertiary/aromatic N) is 2. The molecule has 0 bridgehead atoms. The lowest BCUT2D eigenvalue weighted by Gasteiger charge is -2.07. The Morgan fingerprint density at radius 2 is 2.08 bits per heavy atom. The normalized spacial score (nSPS) is 10.3. The van der Waals surface area contributed by atoms with E-state index in [2.05, 4.69) is 15.7 Å². The predicted octanol–water partition coefficient (Wildman–Crippen LogP) is 0.542. The van der Waals surface area contributed by atoms with E-state index in [1.807, 2.05) is 6.92 Å². The third-order valence-corrected chi connectivity index (χ3v) is 3.28. The summed E-state index contributed by atoms with van der Waals surface area (Å²) in [6, 6.07) is 3.02. The standard InChI is InChI=1S/C15H18N4O5/c1-9-14(10(2)19(3)18-9)17-12(20)8-24-13(21)7-16-15(22)11-5-4-6-23-11/h4-6H,7-8H2,1-3H3,(H,16,22)(H,17,20). The van der Waals surface area contributed by atoms with Crippen LogP contribution in [0.4, 0.5) is 5.69 Å². The van der Waals surface area contributed by atoms with Gasteiger partial charge in [0, 0.05) is 7.05 Å². The van der Waals surface area contributed by atoms with Crippen molar-refractivity contribution in [2.75, 3.05) is 18.5 Å². The second-order valence-electron chi connectivity index (χ2n) is 5.04. The van der Waals surface area contributed by atoms with Crippen molar-refractivity contribution in [1.29, 1.82) is 0 Å². The first kappa shape index (κ1) is 17.3. The molecule has 2 N–H and O–H groups in total. The van der Waals surface area contributed by atoms with Crippen molar-refractivity contribution in [3.8, 4) is 0 Å². The van der Waals surface area contributed by atoms with Gasteiger partial charge in [0.2, 0.25) is 0 Å². The van der Waals surface area contributed by atoms with E-state index in [4.69, 9.17) is 9.15 Å². The molecule has 0 aliphatic heterocycles. The van der Waals surface area contributed by atoms with E-state index in [0.29, 0.717) is 11.4 Å². The Bertz CT molecular complexity index is 748. The van der Waals surface area contributed by atoms with E-state index in [9.17, 15) is 14.4 Å². The third kappa shape index (κ3) is 4.22. The zero-order valence-electron chi connectivity index (χ0n) is 13.6. The van der Waals surface area contributed by atoms with Crippen LogP contribution in [0.5, 0.6) is 0 Å². The molecule has 0 aromatic carbocycles. The summed E-state index contributed by atoms with van der Waals surface area (Å²) in [5.74, 6) is -1.67. The predicted molar refractivity (Wildman–Crippen MR) is 83.3 cm³/mol. The number of amides is 2. The molecule has 2 aromatic heterocycles. The summed E-state index contributed by atoms with van der Waals surface area (Å²) in [4.78, 5) is 34.9. The lowest BCUT2D eigenvalue weighted by atomic mass is 10.3. The number of ether oxygens (including phenoxy) is 1. The van der Waals surface area contributed by atoms with E-state index in [1.54, 1.807) is 24.7 Å². The monoisotopic (exact) mass is 334 g/mol. The van der Waals surface area contributed by atoms with Gasteiger partial charge in [0.25, 0.3) is 11.8 Å². The van der Waals surface area contributed by atoms with Crippen molar-refractivity contribution in [2.45, 2.75) is 13.8 Å². The average Bonchev–Trinajstić information content (AvgIpc) is 3.16. The van der Waals surface area contributed by atoms with Gasteiger partial charge in [-0.25, -0.2) is 0 Å². The van der Waals surface area contributed by atoms with Crippen molar-refractivity contribution >= 4 is 23.5 Å². The first-order valence-corrected chi connectivity index (χ1v) is 7.16. The molecular weight excluding hydrogens is 316 g/mol. The van der Waals surface area contributed by atoms with Crippen LogP contribution in [-0.4, -0.2) is 40.7 Å². The summed E-state index contributed by atoms with van der Waals surface area (Å²) in [6.45, 7) is 2.76. The molecule has 0 saturated heterocycles. The molecule has 2 rings (SSSR count). The van der Waals surface area contributed by atoms with Crippen molar-refractivity contribution in [1.82, 2.24) is 15.1 Å². The Kier molecular flexibility index (Phi) is 5.35. The summed E-state index contributed by atoms with van der Waals surface area (Å²) >= 11 is 0. The molecule has 0 saturated carbocycles. The van der Waals surface area contributed by atoms with Gasteiger partial charge >= 0.3 is 5.97 Å². The molecular formula is C15H18N4O5. The zero-order chi connectivity index (χ0) is 17.7. The molecule has 0 aliphatic rings. The Labute approximate surface area is 138 Å². The third-order valence-electron chi connectivity index (χ3n) is 3.28. The van der Waals surface area contributed by atoms with Crippen LogP contribution in [0.1, 0.15) is 21.9 Å². The number of carbonyl (C=O) groups excluding carboxylic acids is 3. The molecule has 0 atom stereocenters. The van der Waals surface area contributed by atoms with Gasteiger partial charge in [-0.15, -0.1) is 0 Å². The quantitative estimate of drug-likeness (QED) is 0.745. The largest absolute Gasteiger partial charge is 0.459 e. The molecule has 0 aliphatic carbocycles. The van der Waals surface area contributed by atoms with Gasteiger partial charge in [-0.1, -0.05) is 0 Å². The van der Waals surface area contributed by atoms with Gasteiger partial charge < -0.3 is 19.8 Å². The van der Waals surface area contributed by atoms with Crippen LogP contribution in [0, 0.1) is 13.8 Å². The maximum Gasteiger partial charge on any atom is 0.325 e. The minimum absolute atomic E-state index is 0.0862. The second-order valence-corrected chi connectivity index (χ2v) is 5.04. The van der Waals surface area contributed by atoms with Crippen molar-refractivity contribution < 1.29 is 23.5 Å². The Balaban J connectivity index is 1.75. The molecule has 24 heavy (non-hydrogen) atoms. The highest BCUT2D eigenvalue weighted by Crippen LogP contribution is 2.17. The highest BCUT2D eigenvalue weighted by molar-refractivity contribution is 5.95. The number of hydrogen-bond donors (Lipinski definition) is 2. The molecule has 0 spiro atoms. The number of aromatic nitrogens is 2. The summed E-state index contributed by atoms with van der Waals surface area (Å²) in [5, 5.41) is 9.14. The summed E-state index contributed by atoms with van der Waals surface area (Å²) in [5.41, 5.74) is 2.04. The molecule has 9 nitrogen and oxygen atoms in total. The van der Waals surface area contributed by atoms with E-state index < -0.39 is 24.4 Å². The number of aryl methyl sites for hydroxylation is 2. The number of carbonyl (C=O) groups is 3. The fraction of sp³-hybridized carbons (Fsp3) is 0.333. The van der Waals surface area contributed by atoms with E-state index in [1.165, 1.54) is 12.3 Å². The van der Waals surface area contributed by atoms with Crippen LogP contribution >= 0.6 is 0 Å². The first-order valence-electron chi connectivity index (χ1n) is 7.16. The van der Waals surface area contributed by atoms with Crippen molar-refractivity contribution in [3.05, 3.63) is 35.5 Å². The van der Waals surface area contributed by atoms with Gasteiger partial charge in [-0.05, 0) is 26.0 Å². The van der Waals surface area contributed by atoms with Gasteiger partial charge in [-0.3, -0.25) is 19.1 Å². The van der Waals surface area contributed by atoms with E-state index >= 15 is 0 Å². The van der Waals surface area contributed by atoms with Gasteiger partial charge in [-0.2, -0.15) is 5.10 Å². The highest BCUT2D eigenvalue weighted by Gasteiger charge is 2.15. The van der Waals surface area contributed by atoms with Crippen LogP contribution in [0.3, 0.4) is 0 Å². The Morgan fingerprint density at radius 1 is 1.33 bits per heavy atom. The van der Waals surface area contributed by atoms with Crippen molar-refractivity contribution in [2.24, 2.45) is 7.05 Å². The molecule has 0 fully saturated rings. The number of hydrogen-bond acceptors (Lipinski definition) is 6. The number of rotatable bonds is 6. The minimum atomic E-state index is -0.732. The second kappa shape index (κ2) is 7.44. The summed E-state index contributed by atoms with van der Waals surface area (Å²) < 4.78 is 11.3. The van der Waals surface area contributed by atoms with Crippen LogP contribution in [0.2, 0.25) is 0 Å². The van der Waals surface area contributed by atoms with Crippen molar-refractivity contribution in [3.63, 3.8) is 0 Å². The molecule has 0 radical (unpaired) electrons. The summed E-state index contributed by atoms with van der Waals surface area (Å²) in [7, 11) is 1.76. The average molecular weight is 334 g/mol. The molecule has 2 aromatic rings. The van der Waals surface area contributed by atoms with Crippen LogP contribution in [0.15, 0.2) is 22.8 Å². The Morgan fingerprint density at radius 3 is 2.67 bits per heavy atom. The number of esters is 1. The van der Waals surface area contributed by atoms with Gasteiger partial charge in [0.05, 0.1) is 23.3 Å². The Hall–Kier alpha value is -3.10. The molecule has 128 valence electrons. The lowest BCUT2D eigenvalue weighted by Crippen LogP contribution is -2.32. The highest BCUT2D eigenvalue weighted by atomic mass is 16.5. The summed E-state index contributed by atoms with van der Waals surface area (Å²) in [6.07, 6.45) is 1.35. The zero-order valence-corrected chi connectivity index (χ0v) is 13.6. The number of anilines is 1. The fourth-order valence-electron chi connectivity index (χ4n) is 1.97. The maximum atomic E-state index is 11.8. The first-order chi connectivity index (χ1) is 11.4. The maximum absolute atomic E-state index is 11.8. The SMILES string of the molecule is Cc1nn(C)c(C)c1NC(=O)COC(=O)CNC(=O)c1ccco1. The number of furan rings is 1. The molecule has 9 heteroatoms. The van der Waals surface area contributed by atoms with Gasteiger partial charge in [0.15, 0.2) is 12.4 Å². The molecule has 0 unspecified atom stereocenters. The van der Waals surface area contributed by atoms with Crippen LogP contribution in [-0.2, 0) is 21.4 Å². The van der Waals surface area contributed by atoms with Gasteiger partial charge in [0.1, 0.15) is 6.54 Å². The number of nitrogens with one attached hydrogen (secondary N) is 2. The van der Waals surface area contributed by atoms with Crippen LogP contribution in [0.25, 0.3) is 0 Å². The van der Waals surface area contributed by atoms with Crippen LogP contribution < -0.4 is 10.6 Å². The van der Waals surface area contributed by atoms with E-state index in [0.717, 1.165) is 5.69 Å². The topological polar surface area (TPSA) is 115 Å². The lowest BCUT2D eigenvalue weighted by molar-refractivity contribution is -0.146.